The number of ether oxygens (including phenoxy) is 1. The topological polar surface area (TPSA) is 41.6 Å². The Morgan fingerprint density at radius 3 is 2.91 bits per heavy atom. The van der Waals surface area contributed by atoms with E-state index < -0.39 is 0 Å². The highest BCUT2D eigenvalue weighted by Gasteiger charge is 2.26. The first kappa shape index (κ1) is 15.6. The summed E-state index contributed by atoms with van der Waals surface area (Å²) in [5, 5.41) is 3.93. The maximum absolute atomic E-state index is 12.2. The smallest absolute Gasteiger partial charge is 0.236 e. The summed E-state index contributed by atoms with van der Waals surface area (Å²) in [7, 11) is 0. The number of para-hydroxylation sites is 1. The van der Waals surface area contributed by atoms with Gasteiger partial charge in [0.2, 0.25) is 5.91 Å². The summed E-state index contributed by atoms with van der Waals surface area (Å²) in [6, 6.07) is 8.10. The predicted molar refractivity (Wildman–Crippen MR) is 87.3 cm³/mol. The van der Waals surface area contributed by atoms with Gasteiger partial charge >= 0.3 is 0 Å². The Kier molecular flexibility index (Phi) is 5.21. The van der Waals surface area contributed by atoms with Gasteiger partial charge in [0.05, 0.1) is 18.2 Å². The van der Waals surface area contributed by atoms with Gasteiger partial charge in [0, 0.05) is 25.0 Å². The van der Waals surface area contributed by atoms with Crippen LogP contribution in [0.5, 0.6) is 5.75 Å². The standard InChI is InChI=1S/C17H23ClN2O2/c18-15-5-1-2-6-16(15)22-12-13-4-3-9-20(11-13)17(21)10-19-14-7-8-14/h1-2,5-6,13-14,19H,3-4,7-12H2/t13-/m1/s1. The Morgan fingerprint density at radius 2 is 2.14 bits per heavy atom. The van der Waals surface area contributed by atoms with Crippen molar-refractivity contribution in [3.63, 3.8) is 0 Å². The normalized spacial score (nSPS) is 21.7. The third-order valence-corrected chi connectivity index (χ3v) is 4.61. The molecular formula is C17H23ClN2O2. The fraction of sp³-hybridized carbons (Fsp3) is 0.588. The van der Waals surface area contributed by atoms with Gasteiger partial charge in [-0.3, -0.25) is 4.79 Å². The number of likely N-dealkylation sites (tertiary alicyclic amines) is 1. The van der Waals surface area contributed by atoms with Crippen LogP contribution in [-0.2, 0) is 4.79 Å². The monoisotopic (exact) mass is 322 g/mol. The third kappa shape index (κ3) is 4.37. The van der Waals surface area contributed by atoms with Crippen molar-refractivity contribution >= 4 is 17.5 Å². The molecule has 0 unspecified atom stereocenters. The lowest BCUT2D eigenvalue weighted by atomic mass is 9.99. The molecular weight excluding hydrogens is 300 g/mol. The van der Waals surface area contributed by atoms with Crippen LogP contribution in [0.3, 0.4) is 0 Å². The fourth-order valence-corrected chi connectivity index (χ4v) is 3.02. The molecule has 4 nitrogen and oxygen atoms in total. The largest absolute Gasteiger partial charge is 0.492 e. The van der Waals surface area contributed by atoms with Crippen LogP contribution in [0.25, 0.3) is 0 Å². The molecule has 0 radical (unpaired) electrons. The zero-order valence-corrected chi connectivity index (χ0v) is 13.5. The molecule has 0 bridgehead atoms. The molecule has 0 spiro atoms. The lowest BCUT2D eigenvalue weighted by Crippen LogP contribution is -2.45. The third-order valence-electron chi connectivity index (χ3n) is 4.30. The van der Waals surface area contributed by atoms with E-state index in [0.717, 1.165) is 31.7 Å². The molecule has 5 heteroatoms. The van der Waals surface area contributed by atoms with E-state index in [9.17, 15) is 4.79 Å². The number of amides is 1. The zero-order chi connectivity index (χ0) is 15.4. The zero-order valence-electron chi connectivity index (χ0n) is 12.8. The van der Waals surface area contributed by atoms with Gasteiger partial charge in [0.25, 0.3) is 0 Å². The number of halogens is 1. The minimum Gasteiger partial charge on any atom is -0.492 e. The molecule has 1 heterocycles. The number of benzene rings is 1. The number of nitrogens with zero attached hydrogens (tertiary/aromatic N) is 1. The van der Waals surface area contributed by atoms with Crippen LogP contribution in [-0.4, -0.2) is 43.1 Å². The van der Waals surface area contributed by atoms with Crippen LogP contribution in [0.4, 0.5) is 0 Å². The van der Waals surface area contributed by atoms with Crippen molar-refractivity contribution in [2.45, 2.75) is 31.7 Å². The van der Waals surface area contributed by atoms with Crippen molar-refractivity contribution in [2.75, 3.05) is 26.2 Å². The Hall–Kier alpha value is -1.26. The molecule has 1 aliphatic carbocycles. The molecule has 120 valence electrons. The van der Waals surface area contributed by atoms with E-state index in [-0.39, 0.29) is 5.91 Å². The van der Waals surface area contributed by atoms with Gasteiger partial charge in [-0.2, -0.15) is 0 Å². The van der Waals surface area contributed by atoms with E-state index in [4.69, 9.17) is 16.3 Å². The molecule has 2 aliphatic rings. The number of carbonyl (C=O) groups is 1. The van der Waals surface area contributed by atoms with E-state index in [1.807, 2.05) is 29.2 Å². The minimum atomic E-state index is 0.217. The highest BCUT2D eigenvalue weighted by molar-refractivity contribution is 6.32. The molecule has 1 atom stereocenters. The average Bonchev–Trinajstić information content (AvgIpc) is 3.36. The Balaban J connectivity index is 1.45. The Labute approximate surface area is 136 Å². The predicted octanol–water partition coefficient (Wildman–Crippen LogP) is 2.71. The number of piperidine rings is 1. The summed E-state index contributed by atoms with van der Waals surface area (Å²) >= 11 is 6.10. The van der Waals surface area contributed by atoms with Crippen LogP contribution >= 0.6 is 11.6 Å². The summed E-state index contributed by atoms with van der Waals surface area (Å²) in [4.78, 5) is 14.2. The number of carbonyl (C=O) groups excluding carboxylic acids is 1. The summed E-state index contributed by atoms with van der Waals surface area (Å²) in [5.41, 5.74) is 0. The van der Waals surface area contributed by atoms with E-state index in [1.54, 1.807) is 0 Å². The summed E-state index contributed by atoms with van der Waals surface area (Å²) in [6.07, 6.45) is 4.57. The molecule has 1 amide bonds. The average molecular weight is 323 g/mol. The van der Waals surface area contributed by atoms with Crippen LogP contribution in [0, 0.1) is 5.92 Å². The van der Waals surface area contributed by atoms with Crippen molar-refractivity contribution in [2.24, 2.45) is 5.92 Å². The van der Waals surface area contributed by atoms with Crippen molar-refractivity contribution in [3.8, 4) is 5.75 Å². The molecule has 1 aromatic rings. The SMILES string of the molecule is O=C(CNC1CC1)N1CCC[C@@H](COc2ccccc2Cl)C1. The second-order valence-corrected chi connectivity index (χ2v) is 6.65. The highest BCUT2D eigenvalue weighted by atomic mass is 35.5. The molecule has 1 N–H and O–H groups in total. The first-order valence-electron chi connectivity index (χ1n) is 8.11. The van der Waals surface area contributed by atoms with Gasteiger partial charge in [-0.1, -0.05) is 23.7 Å². The quantitative estimate of drug-likeness (QED) is 0.875. The first-order valence-corrected chi connectivity index (χ1v) is 8.48. The van der Waals surface area contributed by atoms with Crippen molar-refractivity contribution in [1.29, 1.82) is 0 Å². The van der Waals surface area contributed by atoms with Crippen molar-refractivity contribution < 1.29 is 9.53 Å². The molecule has 1 aliphatic heterocycles. The van der Waals surface area contributed by atoms with Crippen LogP contribution < -0.4 is 10.1 Å². The highest BCUT2D eigenvalue weighted by Crippen LogP contribution is 2.25. The van der Waals surface area contributed by atoms with E-state index in [2.05, 4.69) is 5.32 Å². The Morgan fingerprint density at radius 1 is 1.32 bits per heavy atom. The maximum Gasteiger partial charge on any atom is 0.236 e. The first-order chi connectivity index (χ1) is 10.7. The lowest BCUT2D eigenvalue weighted by molar-refractivity contribution is -0.132. The Bertz CT molecular complexity index is 519. The fourth-order valence-electron chi connectivity index (χ4n) is 2.83. The van der Waals surface area contributed by atoms with E-state index in [0.29, 0.717) is 30.1 Å². The molecule has 1 saturated carbocycles. The lowest BCUT2D eigenvalue weighted by Gasteiger charge is -2.32. The van der Waals surface area contributed by atoms with Crippen molar-refractivity contribution in [1.82, 2.24) is 10.2 Å². The molecule has 2 fully saturated rings. The number of hydrogen-bond acceptors (Lipinski definition) is 3. The molecule has 3 rings (SSSR count). The molecule has 0 aromatic heterocycles. The van der Waals surface area contributed by atoms with Crippen LogP contribution in [0.15, 0.2) is 24.3 Å². The van der Waals surface area contributed by atoms with Crippen molar-refractivity contribution in [3.05, 3.63) is 29.3 Å². The van der Waals surface area contributed by atoms with Crippen LogP contribution in [0.2, 0.25) is 5.02 Å². The second-order valence-electron chi connectivity index (χ2n) is 6.24. The second kappa shape index (κ2) is 7.34. The van der Waals surface area contributed by atoms with Gasteiger partial charge in [-0.25, -0.2) is 0 Å². The number of nitrogens with one attached hydrogen (secondary N) is 1. The van der Waals surface area contributed by atoms with Gasteiger partial charge in [0.1, 0.15) is 5.75 Å². The summed E-state index contributed by atoms with van der Waals surface area (Å²) < 4.78 is 5.83. The van der Waals surface area contributed by atoms with E-state index in [1.165, 1.54) is 12.8 Å². The van der Waals surface area contributed by atoms with E-state index >= 15 is 0 Å². The molecule has 22 heavy (non-hydrogen) atoms. The summed E-state index contributed by atoms with van der Waals surface area (Å²) in [6.45, 7) is 2.75. The number of rotatable bonds is 6. The summed E-state index contributed by atoms with van der Waals surface area (Å²) in [5.74, 6) is 1.33. The minimum absolute atomic E-state index is 0.217. The molecule has 1 saturated heterocycles. The number of hydrogen-bond donors (Lipinski definition) is 1. The van der Waals surface area contributed by atoms with Gasteiger partial charge < -0.3 is 15.0 Å². The van der Waals surface area contributed by atoms with Crippen LogP contribution in [0.1, 0.15) is 25.7 Å². The molecule has 1 aromatic carbocycles. The van der Waals surface area contributed by atoms with Gasteiger partial charge in [-0.15, -0.1) is 0 Å². The van der Waals surface area contributed by atoms with Gasteiger partial charge in [-0.05, 0) is 37.8 Å². The van der Waals surface area contributed by atoms with Gasteiger partial charge in [0.15, 0.2) is 0 Å². The maximum atomic E-state index is 12.2.